The molecule has 0 spiro atoms. The molecule has 2 aromatic rings. The standard InChI is InChI=1S/C23H31N3O3S/c1-14(2)29-18-12-11-16(13-19(18)28-4)21-20-22(24-15(3)30-21)26(25-23(20)27)17-9-7-5-6-8-10-17/h11-14,17,21H,5-10H2,1-4H3,(H,25,27)/t21-/m0/s1. The molecule has 1 saturated carbocycles. The van der Waals surface area contributed by atoms with E-state index in [0.717, 1.165) is 34.8 Å². The lowest BCUT2D eigenvalue weighted by Crippen LogP contribution is -2.14. The molecule has 1 aromatic carbocycles. The summed E-state index contributed by atoms with van der Waals surface area (Å²) in [5.74, 6) is 2.20. The Kier molecular flexibility index (Phi) is 6.27. The lowest BCUT2D eigenvalue weighted by atomic mass is 10.0. The Morgan fingerprint density at radius 3 is 2.57 bits per heavy atom. The summed E-state index contributed by atoms with van der Waals surface area (Å²) in [6.07, 6.45) is 7.21. The van der Waals surface area contributed by atoms with Crippen molar-refractivity contribution in [3.63, 3.8) is 0 Å². The molecular formula is C23H31N3O3S. The van der Waals surface area contributed by atoms with Crippen LogP contribution in [0.25, 0.3) is 0 Å². The summed E-state index contributed by atoms with van der Waals surface area (Å²) in [5.41, 5.74) is 1.73. The van der Waals surface area contributed by atoms with Crippen LogP contribution in [0.15, 0.2) is 28.0 Å². The predicted octanol–water partition coefficient (Wildman–Crippen LogP) is 5.75. The number of aromatic amines is 1. The number of nitrogens with zero attached hydrogens (tertiary/aromatic N) is 2. The molecule has 7 heteroatoms. The fraction of sp³-hybridized carbons (Fsp3) is 0.565. The largest absolute Gasteiger partial charge is 0.493 e. The van der Waals surface area contributed by atoms with Gasteiger partial charge in [0.2, 0.25) is 0 Å². The summed E-state index contributed by atoms with van der Waals surface area (Å²) in [6, 6.07) is 6.27. The SMILES string of the molecule is COc1cc([C@@H]2SC(C)=Nc3c2c(=O)[nH]n3C2CCCCCC2)ccc1OC(C)C. The van der Waals surface area contributed by atoms with Crippen LogP contribution in [-0.2, 0) is 0 Å². The molecule has 1 aliphatic carbocycles. The van der Waals surface area contributed by atoms with E-state index in [1.165, 1.54) is 25.7 Å². The number of benzene rings is 1. The van der Waals surface area contributed by atoms with Gasteiger partial charge in [-0.05, 0) is 51.3 Å². The normalized spacial score (nSPS) is 19.9. The summed E-state index contributed by atoms with van der Waals surface area (Å²) in [4.78, 5) is 17.9. The summed E-state index contributed by atoms with van der Waals surface area (Å²) in [6.45, 7) is 6.00. The van der Waals surface area contributed by atoms with Crippen LogP contribution in [0.2, 0.25) is 0 Å². The van der Waals surface area contributed by atoms with Crippen molar-refractivity contribution in [2.75, 3.05) is 7.11 Å². The number of hydrogen-bond acceptors (Lipinski definition) is 5. The number of nitrogens with one attached hydrogen (secondary N) is 1. The van der Waals surface area contributed by atoms with Crippen LogP contribution < -0.4 is 15.0 Å². The zero-order valence-electron chi connectivity index (χ0n) is 18.2. The fourth-order valence-corrected chi connectivity index (χ4v) is 5.52. The lowest BCUT2D eigenvalue weighted by molar-refractivity contribution is 0.230. The third kappa shape index (κ3) is 4.17. The molecule has 1 aromatic heterocycles. The Hall–Kier alpha value is -2.15. The maximum atomic E-state index is 13.1. The van der Waals surface area contributed by atoms with Crippen LogP contribution in [0.3, 0.4) is 0 Å². The number of aliphatic imine (C=N–C) groups is 1. The Bertz CT molecular complexity index is 984. The number of thioether (sulfide) groups is 1. The lowest BCUT2D eigenvalue weighted by Gasteiger charge is -2.24. The van der Waals surface area contributed by atoms with Crippen LogP contribution in [-0.4, -0.2) is 28.0 Å². The molecule has 0 unspecified atom stereocenters. The number of fused-ring (bicyclic) bond motifs is 1. The zero-order valence-corrected chi connectivity index (χ0v) is 19.1. The molecule has 0 amide bonds. The van der Waals surface area contributed by atoms with Gasteiger partial charge in [-0.1, -0.05) is 43.5 Å². The molecule has 6 nitrogen and oxygen atoms in total. The Labute approximate surface area is 182 Å². The van der Waals surface area contributed by atoms with E-state index in [4.69, 9.17) is 14.5 Å². The molecule has 1 fully saturated rings. The molecule has 162 valence electrons. The van der Waals surface area contributed by atoms with Gasteiger partial charge in [0.1, 0.15) is 0 Å². The number of rotatable bonds is 5. The maximum absolute atomic E-state index is 13.1. The van der Waals surface area contributed by atoms with E-state index in [9.17, 15) is 4.79 Å². The van der Waals surface area contributed by atoms with E-state index < -0.39 is 0 Å². The molecule has 30 heavy (non-hydrogen) atoms. The highest BCUT2D eigenvalue weighted by Gasteiger charge is 2.32. The average Bonchev–Trinajstić information content (AvgIpc) is 2.89. The van der Waals surface area contributed by atoms with Crippen LogP contribution in [0, 0.1) is 0 Å². The molecule has 0 radical (unpaired) electrons. The van der Waals surface area contributed by atoms with E-state index >= 15 is 0 Å². The number of H-pyrrole nitrogens is 1. The molecule has 2 aliphatic rings. The van der Waals surface area contributed by atoms with Crippen LogP contribution in [0.4, 0.5) is 5.82 Å². The first-order valence-electron chi connectivity index (χ1n) is 10.9. The van der Waals surface area contributed by atoms with Gasteiger partial charge in [-0.2, -0.15) is 0 Å². The van der Waals surface area contributed by atoms with Gasteiger partial charge in [-0.25, -0.2) is 4.99 Å². The van der Waals surface area contributed by atoms with Crippen molar-refractivity contribution in [1.82, 2.24) is 9.78 Å². The Morgan fingerprint density at radius 1 is 1.17 bits per heavy atom. The van der Waals surface area contributed by atoms with Gasteiger partial charge in [0.05, 0.1) is 35.1 Å². The molecule has 2 heterocycles. The van der Waals surface area contributed by atoms with Gasteiger partial charge < -0.3 is 9.47 Å². The van der Waals surface area contributed by atoms with E-state index in [0.29, 0.717) is 17.5 Å². The van der Waals surface area contributed by atoms with E-state index in [1.807, 2.05) is 43.7 Å². The predicted molar refractivity (Wildman–Crippen MR) is 123 cm³/mol. The second-order valence-electron chi connectivity index (χ2n) is 8.40. The van der Waals surface area contributed by atoms with E-state index in [2.05, 4.69) is 5.10 Å². The zero-order chi connectivity index (χ0) is 21.3. The second-order valence-corrected chi connectivity index (χ2v) is 9.70. The first-order valence-corrected chi connectivity index (χ1v) is 11.8. The van der Waals surface area contributed by atoms with E-state index in [-0.39, 0.29) is 16.9 Å². The molecule has 0 bridgehead atoms. The van der Waals surface area contributed by atoms with Crippen LogP contribution >= 0.6 is 11.8 Å². The summed E-state index contributed by atoms with van der Waals surface area (Å²) in [7, 11) is 1.65. The average molecular weight is 430 g/mol. The van der Waals surface area contributed by atoms with Crippen molar-refractivity contribution >= 4 is 22.6 Å². The topological polar surface area (TPSA) is 68.6 Å². The molecule has 1 atom stereocenters. The van der Waals surface area contributed by atoms with Crippen molar-refractivity contribution in [3.8, 4) is 11.5 Å². The van der Waals surface area contributed by atoms with E-state index in [1.54, 1.807) is 18.9 Å². The Balaban J connectivity index is 1.74. The maximum Gasteiger partial charge on any atom is 0.271 e. The van der Waals surface area contributed by atoms with Gasteiger partial charge in [-0.3, -0.25) is 14.6 Å². The highest BCUT2D eigenvalue weighted by atomic mass is 32.2. The summed E-state index contributed by atoms with van der Waals surface area (Å²) >= 11 is 1.62. The quantitative estimate of drug-likeness (QED) is 0.614. The van der Waals surface area contributed by atoms with Crippen molar-refractivity contribution in [2.24, 2.45) is 4.99 Å². The highest BCUT2D eigenvalue weighted by molar-refractivity contribution is 8.14. The number of ether oxygens (including phenoxy) is 2. The second kappa shape index (κ2) is 8.92. The number of methoxy groups -OCH3 is 1. The van der Waals surface area contributed by atoms with Crippen LogP contribution in [0.5, 0.6) is 11.5 Å². The highest BCUT2D eigenvalue weighted by Crippen LogP contribution is 2.46. The van der Waals surface area contributed by atoms with Gasteiger partial charge in [-0.15, -0.1) is 0 Å². The third-order valence-corrected chi connectivity index (χ3v) is 6.97. The van der Waals surface area contributed by atoms with Crippen molar-refractivity contribution < 1.29 is 9.47 Å². The fourth-order valence-electron chi connectivity index (χ4n) is 4.42. The van der Waals surface area contributed by atoms with Gasteiger partial charge in [0.25, 0.3) is 5.56 Å². The summed E-state index contributed by atoms with van der Waals surface area (Å²) < 4.78 is 13.5. The first-order chi connectivity index (χ1) is 14.5. The molecular weight excluding hydrogens is 398 g/mol. The number of hydrogen-bond donors (Lipinski definition) is 1. The smallest absolute Gasteiger partial charge is 0.271 e. The summed E-state index contributed by atoms with van der Waals surface area (Å²) in [5, 5.41) is 3.98. The third-order valence-electron chi connectivity index (χ3n) is 5.79. The van der Waals surface area contributed by atoms with Gasteiger partial charge >= 0.3 is 0 Å². The minimum absolute atomic E-state index is 0.0375. The minimum Gasteiger partial charge on any atom is -0.493 e. The Morgan fingerprint density at radius 2 is 1.90 bits per heavy atom. The molecule has 1 N–H and O–H groups in total. The monoisotopic (exact) mass is 429 g/mol. The first kappa shape index (κ1) is 21.1. The van der Waals surface area contributed by atoms with Crippen LogP contribution in [0.1, 0.15) is 81.7 Å². The van der Waals surface area contributed by atoms with Crippen molar-refractivity contribution in [1.29, 1.82) is 0 Å². The van der Waals surface area contributed by atoms with Gasteiger partial charge in [0.15, 0.2) is 17.3 Å². The molecule has 0 saturated heterocycles. The van der Waals surface area contributed by atoms with Crippen molar-refractivity contribution in [2.45, 2.75) is 76.7 Å². The van der Waals surface area contributed by atoms with Gasteiger partial charge in [0, 0.05) is 0 Å². The minimum atomic E-state index is -0.115. The molecule has 1 aliphatic heterocycles. The molecule has 4 rings (SSSR count). The van der Waals surface area contributed by atoms with Crippen molar-refractivity contribution in [3.05, 3.63) is 39.7 Å². The number of aromatic nitrogens is 2.